The van der Waals surface area contributed by atoms with E-state index >= 15 is 0 Å². The first-order valence-electron chi connectivity index (χ1n) is 4.58. The van der Waals surface area contributed by atoms with Crippen LogP contribution >= 0.6 is 11.3 Å². The van der Waals surface area contributed by atoms with Crippen LogP contribution in [0.4, 0.5) is 0 Å². The highest BCUT2D eigenvalue weighted by molar-refractivity contribution is 7.09. The maximum atomic E-state index is 5.44. The monoisotopic (exact) mass is 208 g/mol. The fraction of sp³-hybridized carbons (Fsp3) is 0.300. The average Bonchev–Trinajstić information content (AvgIpc) is 2.85. The van der Waals surface area contributed by atoms with Gasteiger partial charge in [-0.05, 0) is 25.1 Å². The molecular formula is C10H12N2OS. The van der Waals surface area contributed by atoms with Gasteiger partial charge in [0.15, 0.2) is 5.76 Å². The summed E-state index contributed by atoms with van der Waals surface area (Å²) >= 11 is 1.66. The Morgan fingerprint density at radius 3 is 3.14 bits per heavy atom. The minimum absolute atomic E-state index is 0.718. The molecule has 14 heavy (non-hydrogen) atoms. The van der Waals surface area contributed by atoms with E-state index < -0.39 is 0 Å². The van der Waals surface area contributed by atoms with Crippen LogP contribution < -0.4 is 5.73 Å². The average molecular weight is 208 g/mol. The summed E-state index contributed by atoms with van der Waals surface area (Å²) in [6.45, 7) is 0.718. The molecule has 3 nitrogen and oxygen atoms in total. The third-order valence-electron chi connectivity index (χ3n) is 1.92. The number of aromatic nitrogens is 1. The lowest BCUT2D eigenvalue weighted by Crippen LogP contribution is -1.99. The lowest BCUT2D eigenvalue weighted by Gasteiger charge is -1.91. The number of nitrogens with zero attached hydrogens (tertiary/aromatic N) is 1. The van der Waals surface area contributed by atoms with Gasteiger partial charge in [0.05, 0.1) is 11.3 Å². The van der Waals surface area contributed by atoms with Crippen LogP contribution in [0.5, 0.6) is 0 Å². The molecule has 0 unspecified atom stereocenters. The molecule has 0 saturated heterocycles. The molecule has 2 rings (SSSR count). The van der Waals surface area contributed by atoms with E-state index in [0.29, 0.717) is 0 Å². The van der Waals surface area contributed by atoms with Gasteiger partial charge in [0.1, 0.15) is 5.69 Å². The van der Waals surface area contributed by atoms with Crippen molar-refractivity contribution < 1.29 is 4.42 Å². The van der Waals surface area contributed by atoms with Crippen LogP contribution in [-0.2, 0) is 6.42 Å². The summed E-state index contributed by atoms with van der Waals surface area (Å²) in [4.78, 5) is 4.46. The molecule has 2 N–H and O–H groups in total. The number of rotatable bonds is 4. The van der Waals surface area contributed by atoms with E-state index in [-0.39, 0.29) is 0 Å². The normalized spacial score (nSPS) is 10.6. The second-order valence-electron chi connectivity index (χ2n) is 3.00. The molecule has 0 aliphatic rings. The maximum Gasteiger partial charge on any atom is 0.153 e. The predicted octanol–water partition coefficient (Wildman–Crippen LogP) is 2.29. The van der Waals surface area contributed by atoms with Crippen LogP contribution in [0.15, 0.2) is 28.2 Å². The molecule has 0 bridgehead atoms. The highest BCUT2D eigenvalue weighted by Crippen LogP contribution is 2.22. The molecule has 2 aromatic rings. The van der Waals surface area contributed by atoms with Crippen molar-refractivity contribution in [3.8, 4) is 11.5 Å². The molecule has 0 radical (unpaired) electrons. The highest BCUT2D eigenvalue weighted by atomic mass is 32.1. The molecule has 0 fully saturated rings. The Balaban J connectivity index is 2.10. The fourth-order valence-corrected chi connectivity index (χ4v) is 2.05. The molecule has 2 heterocycles. The van der Waals surface area contributed by atoms with Crippen molar-refractivity contribution in [3.63, 3.8) is 0 Å². The van der Waals surface area contributed by atoms with Crippen LogP contribution in [0.25, 0.3) is 11.5 Å². The fourth-order valence-electron chi connectivity index (χ4n) is 1.22. The van der Waals surface area contributed by atoms with E-state index in [4.69, 9.17) is 10.2 Å². The Labute approximate surface area is 86.6 Å². The predicted molar refractivity (Wildman–Crippen MR) is 57.2 cm³/mol. The number of hydrogen-bond donors (Lipinski definition) is 1. The summed E-state index contributed by atoms with van der Waals surface area (Å²) in [7, 11) is 0. The highest BCUT2D eigenvalue weighted by Gasteiger charge is 2.05. The molecule has 0 amide bonds. The number of aryl methyl sites for hydroxylation is 1. The molecule has 0 spiro atoms. The minimum Gasteiger partial charge on any atom is -0.463 e. The van der Waals surface area contributed by atoms with Gasteiger partial charge in [0, 0.05) is 11.8 Å². The molecule has 74 valence electrons. The summed E-state index contributed by atoms with van der Waals surface area (Å²) in [5.74, 6) is 0.834. The zero-order valence-electron chi connectivity index (χ0n) is 7.77. The van der Waals surface area contributed by atoms with Crippen molar-refractivity contribution in [1.82, 2.24) is 4.98 Å². The zero-order chi connectivity index (χ0) is 9.80. The van der Waals surface area contributed by atoms with Crippen molar-refractivity contribution >= 4 is 11.3 Å². The van der Waals surface area contributed by atoms with E-state index in [9.17, 15) is 0 Å². The Morgan fingerprint density at radius 1 is 1.50 bits per heavy atom. The molecule has 0 atom stereocenters. The Bertz CT molecular complexity index is 380. The maximum absolute atomic E-state index is 5.44. The van der Waals surface area contributed by atoms with E-state index in [1.54, 1.807) is 17.6 Å². The second-order valence-corrected chi connectivity index (χ2v) is 3.94. The van der Waals surface area contributed by atoms with Crippen molar-refractivity contribution in [3.05, 3.63) is 28.8 Å². The van der Waals surface area contributed by atoms with Gasteiger partial charge in [-0.2, -0.15) is 0 Å². The Hall–Kier alpha value is -1.13. The first-order valence-corrected chi connectivity index (χ1v) is 5.46. The lowest BCUT2D eigenvalue weighted by molar-refractivity contribution is 0.580. The van der Waals surface area contributed by atoms with Crippen LogP contribution in [0.3, 0.4) is 0 Å². The summed E-state index contributed by atoms with van der Waals surface area (Å²) in [6.07, 6.45) is 3.61. The first kappa shape index (κ1) is 9.43. The van der Waals surface area contributed by atoms with Gasteiger partial charge in [-0.25, -0.2) is 4.98 Å². The third-order valence-corrected chi connectivity index (χ3v) is 2.83. The SMILES string of the molecule is NCCCc1nc(-c2ccco2)cs1. The van der Waals surface area contributed by atoms with Gasteiger partial charge in [-0.1, -0.05) is 0 Å². The van der Waals surface area contributed by atoms with Crippen LogP contribution in [-0.4, -0.2) is 11.5 Å². The van der Waals surface area contributed by atoms with E-state index in [2.05, 4.69) is 4.98 Å². The number of thiazole rings is 1. The summed E-state index contributed by atoms with van der Waals surface area (Å²) in [5, 5.41) is 3.15. The summed E-state index contributed by atoms with van der Waals surface area (Å²) in [5.41, 5.74) is 6.36. The van der Waals surface area contributed by atoms with Crippen LogP contribution in [0.1, 0.15) is 11.4 Å². The molecule has 4 heteroatoms. The lowest BCUT2D eigenvalue weighted by atomic mass is 10.3. The van der Waals surface area contributed by atoms with E-state index in [1.807, 2.05) is 17.5 Å². The first-order chi connectivity index (χ1) is 6.90. The zero-order valence-corrected chi connectivity index (χ0v) is 8.59. The molecular weight excluding hydrogens is 196 g/mol. The topological polar surface area (TPSA) is 52.0 Å². The Morgan fingerprint density at radius 2 is 2.43 bits per heavy atom. The smallest absolute Gasteiger partial charge is 0.153 e. The van der Waals surface area contributed by atoms with Gasteiger partial charge in [-0.15, -0.1) is 11.3 Å². The summed E-state index contributed by atoms with van der Waals surface area (Å²) in [6, 6.07) is 3.79. The minimum atomic E-state index is 0.718. The van der Waals surface area contributed by atoms with E-state index in [0.717, 1.165) is 35.8 Å². The molecule has 0 aliphatic carbocycles. The molecule has 0 aliphatic heterocycles. The van der Waals surface area contributed by atoms with Gasteiger partial charge in [0.2, 0.25) is 0 Å². The summed E-state index contributed by atoms with van der Waals surface area (Å²) < 4.78 is 5.26. The van der Waals surface area contributed by atoms with E-state index in [1.165, 1.54) is 0 Å². The van der Waals surface area contributed by atoms with Crippen LogP contribution in [0, 0.1) is 0 Å². The number of hydrogen-bond acceptors (Lipinski definition) is 4. The van der Waals surface area contributed by atoms with Crippen molar-refractivity contribution in [2.75, 3.05) is 6.54 Å². The standard InChI is InChI=1S/C10H12N2OS/c11-5-1-4-10-12-8(7-14-10)9-3-2-6-13-9/h2-3,6-7H,1,4-5,11H2. The van der Waals surface area contributed by atoms with Crippen molar-refractivity contribution in [1.29, 1.82) is 0 Å². The quantitative estimate of drug-likeness (QED) is 0.838. The van der Waals surface area contributed by atoms with Crippen LogP contribution in [0.2, 0.25) is 0 Å². The molecule has 0 saturated carbocycles. The largest absolute Gasteiger partial charge is 0.463 e. The van der Waals surface area contributed by atoms with Gasteiger partial charge in [-0.3, -0.25) is 0 Å². The number of furan rings is 1. The van der Waals surface area contributed by atoms with Crippen molar-refractivity contribution in [2.45, 2.75) is 12.8 Å². The van der Waals surface area contributed by atoms with Gasteiger partial charge in [0.25, 0.3) is 0 Å². The third kappa shape index (κ3) is 2.02. The van der Waals surface area contributed by atoms with Crippen molar-refractivity contribution in [2.24, 2.45) is 5.73 Å². The van der Waals surface area contributed by atoms with Gasteiger partial charge < -0.3 is 10.2 Å². The molecule has 2 aromatic heterocycles. The second kappa shape index (κ2) is 4.39. The molecule has 0 aromatic carbocycles. The number of nitrogens with two attached hydrogens (primary N) is 1. The van der Waals surface area contributed by atoms with Gasteiger partial charge >= 0.3 is 0 Å². The Kier molecular flexibility index (Phi) is 2.96.